The molecule has 2 aromatic rings. The Kier molecular flexibility index (Phi) is 5.32. The molecule has 1 aromatic carbocycles. The van der Waals surface area contributed by atoms with Gasteiger partial charge >= 0.3 is 0 Å². The number of hydrogen-bond acceptors (Lipinski definition) is 4. The molecule has 1 N–H and O–H groups in total. The fourth-order valence-electron chi connectivity index (χ4n) is 3.11. The van der Waals surface area contributed by atoms with Gasteiger partial charge in [-0.2, -0.15) is 5.10 Å². The quantitative estimate of drug-likeness (QED) is 0.861. The molecule has 0 radical (unpaired) electrons. The number of methoxy groups -OCH3 is 1. The zero-order chi connectivity index (χ0) is 18.7. The lowest BCUT2D eigenvalue weighted by molar-refractivity contribution is -0.137. The van der Waals surface area contributed by atoms with Crippen LogP contribution in [0.15, 0.2) is 30.5 Å². The van der Waals surface area contributed by atoms with Crippen molar-refractivity contribution in [1.82, 2.24) is 20.0 Å². The molecule has 3 rings (SSSR count). The van der Waals surface area contributed by atoms with Crippen LogP contribution in [0.3, 0.4) is 0 Å². The minimum absolute atomic E-state index is 0.0425. The number of benzene rings is 1. The minimum atomic E-state index is -0.604. The molecule has 0 saturated carbocycles. The Hall–Kier alpha value is -2.74. The van der Waals surface area contributed by atoms with Gasteiger partial charge in [0.1, 0.15) is 12.4 Å². The van der Waals surface area contributed by atoms with Crippen molar-refractivity contribution in [1.29, 1.82) is 0 Å². The summed E-state index contributed by atoms with van der Waals surface area (Å²) in [5.74, 6) is -1.45. The van der Waals surface area contributed by atoms with Gasteiger partial charge in [0.25, 0.3) is 0 Å². The van der Waals surface area contributed by atoms with Crippen molar-refractivity contribution in [2.75, 3.05) is 20.3 Å². The zero-order valence-corrected chi connectivity index (χ0v) is 14.7. The van der Waals surface area contributed by atoms with Crippen molar-refractivity contribution in [3.63, 3.8) is 0 Å². The lowest BCUT2D eigenvalue weighted by Crippen LogP contribution is -2.44. The Balaban J connectivity index is 1.77. The first-order valence-corrected chi connectivity index (χ1v) is 8.30. The van der Waals surface area contributed by atoms with Gasteiger partial charge in [-0.15, -0.1) is 0 Å². The third-order valence-electron chi connectivity index (χ3n) is 4.38. The van der Waals surface area contributed by atoms with Crippen molar-refractivity contribution in [3.05, 3.63) is 53.1 Å². The van der Waals surface area contributed by atoms with Gasteiger partial charge in [0, 0.05) is 51.1 Å². The Morgan fingerprint density at radius 1 is 1.38 bits per heavy atom. The zero-order valence-electron chi connectivity index (χ0n) is 14.7. The molecule has 0 saturated heterocycles. The van der Waals surface area contributed by atoms with Crippen LogP contribution in [0, 0.1) is 5.82 Å². The van der Waals surface area contributed by atoms with Crippen LogP contribution in [0.4, 0.5) is 4.39 Å². The molecule has 26 heavy (non-hydrogen) atoms. The average Bonchev–Trinajstić information content (AvgIpc) is 3.00. The molecule has 2 heterocycles. The predicted octanol–water partition coefficient (Wildman–Crippen LogP) is 0.948. The number of aromatic nitrogens is 2. The molecule has 138 valence electrons. The topological polar surface area (TPSA) is 76.5 Å². The van der Waals surface area contributed by atoms with Gasteiger partial charge in [0.05, 0.1) is 11.6 Å². The highest BCUT2D eigenvalue weighted by molar-refractivity contribution is 5.86. The van der Waals surface area contributed by atoms with Gasteiger partial charge < -0.3 is 15.0 Å². The van der Waals surface area contributed by atoms with Crippen LogP contribution in [0.25, 0.3) is 0 Å². The summed E-state index contributed by atoms with van der Waals surface area (Å²) in [6, 6.07) is 6.29. The normalized spacial score (nSPS) is 16.3. The summed E-state index contributed by atoms with van der Waals surface area (Å²) in [4.78, 5) is 26.5. The molecule has 0 aliphatic carbocycles. The van der Waals surface area contributed by atoms with Crippen LogP contribution in [0.1, 0.15) is 22.7 Å². The largest absolute Gasteiger partial charge is 0.375 e. The molecule has 0 bridgehead atoms. The van der Waals surface area contributed by atoms with E-state index in [0.29, 0.717) is 17.8 Å². The van der Waals surface area contributed by atoms with Gasteiger partial charge in [0.15, 0.2) is 0 Å². The number of ether oxygens (including phenoxy) is 1. The van der Waals surface area contributed by atoms with E-state index in [1.807, 2.05) is 0 Å². The molecular weight excluding hydrogens is 339 g/mol. The Morgan fingerprint density at radius 2 is 2.15 bits per heavy atom. The summed E-state index contributed by atoms with van der Waals surface area (Å²) in [6.07, 6.45) is 1.80. The highest BCUT2D eigenvalue weighted by Crippen LogP contribution is 2.27. The van der Waals surface area contributed by atoms with E-state index in [4.69, 9.17) is 4.74 Å². The molecule has 1 aliphatic heterocycles. The van der Waals surface area contributed by atoms with E-state index in [9.17, 15) is 14.0 Å². The highest BCUT2D eigenvalue weighted by Gasteiger charge is 2.35. The molecule has 1 aromatic heterocycles. The van der Waals surface area contributed by atoms with Crippen LogP contribution in [-0.4, -0.2) is 46.8 Å². The molecule has 1 aliphatic rings. The van der Waals surface area contributed by atoms with E-state index >= 15 is 0 Å². The first-order chi connectivity index (χ1) is 12.5. The van der Waals surface area contributed by atoms with Crippen LogP contribution in [0.5, 0.6) is 0 Å². The fraction of sp³-hybridized carbons (Fsp3) is 0.389. The minimum Gasteiger partial charge on any atom is -0.375 e. The van der Waals surface area contributed by atoms with E-state index in [2.05, 4.69) is 10.4 Å². The summed E-state index contributed by atoms with van der Waals surface area (Å²) in [6.45, 7) is 0.646. The predicted molar refractivity (Wildman–Crippen MR) is 91.5 cm³/mol. The van der Waals surface area contributed by atoms with Crippen molar-refractivity contribution >= 4 is 11.8 Å². The SMILES string of the molecule is COCC(=O)N1Cc2cn(C)nc2C(C(=O)NCc2ccccc2F)C1. The molecule has 8 heteroatoms. The molecular formula is C18H21FN4O3. The number of aryl methyl sites for hydroxylation is 1. The maximum Gasteiger partial charge on any atom is 0.248 e. The van der Waals surface area contributed by atoms with Gasteiger partial charge in [0.2, 0.25) is 11.8 Å². The van der Waals surface area contributed by atoms with E-state index < -0.39 is 5.92 Å². The molecule has 7 nitrogen and oxygen atoms in total. The maximum atomic E-state index is 13.7. The number of nitrogens with one attached hydrogen (secondary N) is 1. The Labute approximate surface area is 150 Å². The molecule has 0 fully saturated rings. The summed E-state index contributed by atoms with van der Waals surface area (Å²) >= 11 is 0. The third kappa shape index (κ3) is 3.75. The number of rotatable bonds is 5. The molecule has 1 atom stereocenters. The standard InChI is InChI=1S/C18H21FN4O3/c1-22-8-13-9-23(16(24)11-26-2)10-14(17(13)21-22)18(25)20-7-12-5-3-4-6-15(12)19/h3-6,8,14H,7,9-11H2,1-2H3,(H,20,25). The summed E-state index contributed by atoms with van der Waals surface area (Å²) in [5.41, 5.74) is 1.89. The fourth-order valence-corrected chi connectivity index (χ4v) is 3.11. The summed E-state index contributed by atoms with van der Waals surface area (Å²) in [5, 5.41) is 7.13. The number of fused-ring (bicyclic) bond motifs is 1. The number of hydrogen-bond donors (Lipinski definition) is 1. The number of nitrogens with zero attached hydrogens (tertiary/aromatic N) is 3. The molecule has 2 amide bonds. The lowest BCUT2D eigenvalue weighted by Gasteiger charge is -2.31. The van der Waals surface area contributed by atoms with E-state index in [-0.39, 0.29) is 37.3 Å². The molecule has 0 spiro atoms. The van der Waals surface area contributed by atoms with Gasteiger partial charge in [-0.3, -0.25) is 14.3 Å². The van der Waals surface area contributed by atoms with Crippen LogP contribution in [0.2, 0.25) is 0 Å². The van der Waals surface area contributed by atoms with Crippen LogP contribution < -0.4 is 5.32 Å². The van der Waals surface area contributed by atoms with Crippen molar-refractivity contribution in [3.8, 4) is 0 Å². The first kappa shape index (κ1) is 18.1. The highest BCUT2D eigenvalue weighted by atomic mass is 19.1. The number of amides is 2. The van der Waals surface area contributed by atoms with Gasteiger partial charge in [-0.25, -0.2) is 4.39 Å². The third-order valence-corrected chi connectivity index (χ3v) is 4.38. The smallest absolute Gasteiger partial charge is 0.248 e. The maximum absolute atomic E-state index is 13.7. The summed E-state index contributed by atoms with van der Waals surface area (Å²) in [7, 11) is 3.23. The lowest BCUT2D eigenvalue weighted by atomic mass is 9.95. The second kappa shape index (κ2) is 7.65. The van der Waals surface area contributed by atoms with Crippen molar-refractivity contribution in [2.45, 2.75) is 19.0 Å². The van der Waals surface area contributed by atoms with E-state index in [1.54, 1.807) is 41.0 Å². The van der Waals surface area contributed by atoms with Gasteiger partial charge in [-0.1, -0.05) is 18.2 Å². The number of carbonyl (C=O) groups is 2. The Morgan fingerprint density at radius 3 is 2.88 bits per heavy atom. The molecule has 1 unspecified atom stereocenters. The van der Waals surface area contributed by atoms with Crippen LogP contribution in [-0.2, 0) is 34.5 Å². The van der Waals surface area contributed by atoms with Crippen molar-refractivity contribution < 1.29 is 18.7 Å². The van der Waals surface area contributed by atoms with Gasteiger partial charge in [-0.05, 0) is 6.07 Å². The number of carbonyl (C=O) groups excluding carboxylic acids is 2. The van der Waals surface area contributed by atoms with Crippen molar-refractivity contribution in [2.24, 2.45) is 7.05 Å². The number of halogens is 1. The second-order valence-corrected chi connectivity index (χ2v) is 6.28. The first-order valence-electron chi connectivity index (χ1n) is 8.30. The van der Waals surface area contributed by atoms with Crippen LogP contribution >= 0.6 is 0 Å². The summed E-state index contributed by atoms with van der Waals surface area (Å²) < 4.78 is 20.3. The van der Waals surface area contributed by atoms with E-state index in [1.165, 1.54) is 13.2 Å². The van der Waals surface area contributed by atoms with E-state index in [0.717, 1.165) is 5.56 Å². The second-order valence-electron chi connectivity index (χ2n) is 6.28. The monoisotopic (exact) mass is 360 g/mol. The average molecular weight is 360 g/mol. The Bertz CT molecular complexity index is 821.